The summed E-state index contributed by atoms with van der Waals surface area (Å²) in [5.41, 5.74) is 0.237. The van der Waals surface area contributed by atoms with Crippen molar-refractivity contribution in [3.63, 3.8) is 0 Å². The summed E-state index contributed by atoms with van der Waals surface area (Å²) in [5.74, 6) is -0.647. The number of carbonyl (C=O) groups excluding carboxylic acids is 1. The van der Waals surface area contributed by atoms with Gasteiger partial charge in [-0.1, -0.05) is 19.7 Å². The van der Waals surface area contributed by atoms with Gasteiger partial charge in [0.1, 0.15) is 0 Å². The van der Waals surface area contributed by atoms with Gasteiger partial charge < -0.3 is 9.47 Å². The zero-order valence-electron chi connectivity index (χ0n) is 8.60. The molecular formula is C10H14O5. The van der Waals surface area contributed by atoms with Crippen molar-refractivity contribution in [2.24, 2.45) is 0 Å². The first kappa shape index (κ1) is 13.2. The average Bonchev–Trinajstić information content (AvgIpc) is 2.18. The summed E-state index contributed by atoms with van der Waals surface area (Å²) in [7, 11) is 0. The van der Waals surface area contributed by atoms with Gasteiger partial charge in [0.2, 0.25) is 0 Å². The Balaban J connectivity index is 3.79. The van der Waals surface area contributed by atoms with Gasteiger partial charge in [0, 0.05) is 5.57 Å². The smallest absolute Gasteiger partial charge is 0.368 e. The number of hydrogen-bond donors (Lipinski definition) is 0. The highest BCUT2D eigenvalue weighted by molar-refractivity contribution is 5.86. The van der Waals surface area contributed by atoms with E-state index < -0.39 is 12.3 Å². The second kappa shape index (κ2) is 7.64. The maximum absolute atomic E-state index is 10.9. The van der Waals surface area contributed by atoms with Gasteiger partial charge in [-0.25, -0.2) is 4.79 Å². The van der Waals surface area contributed by atoms with E-state index in [0.29, 0.717) is 0 Å². The lowest BCUT2D eigenvalue weighted by Crippen LogP contribution is -2.20. The minimum atomic E-state index is -0.752. The molecule has 0 N–H and O–H groups in total. The molecule has 0 rings (SSSR count). The summed E-state index contributed by atoms with van der Waals surface area (Å²) < 4.78 is 9.71. The molecule has 0 unspecified atom stereocenters. The fourth-order valence-electron chi connectivity index (χ4n) is 0.540. The van der Waals surface area contributed by atoms with Crippen molar-refractivity contribution in [2.75, 3.05) is 6.61 Å². The number of hydrogen-bond acceptors (Lipinski definition) is 5. The lowest BCUT2D eigenvalue weighted by atomic mass is 10.4. The monoisotopic (exact) mass is 214 g/mol. The molecule has 0 amide bonds. The molecule has 5 nitrogen and oxygen atoms in total. The molecule has 0 saturated heterocycles. The third kappa shape index (κ3) is 6.34. The molecule has 0 spiro atoms. The van der Waals surface area contributed by atoms with Crippen LogP contribution >= 0.6 is 0 Å². The maximum Gasteiger partial charge on any atom is 0.368 e. The molecule has 5 heteroatoms. The molecule has 0 radical (unpaired) electrons. The Kier molecular flexibility index (Phi) is 6.74. The van der Waals surface area contributed by atoms with Gasteiger partial charge in [-0.15, -0.1) is 0 Å². The van der Waals surface area contributed by atoms with Crippen molar-refractivity contribution in [1.82, 2.24) is 0 Å². The highest BCUT2D eigenvalue weighted by Gasteiger charge is 2.11. The lowest BCUT2D eigenvalue weighted by molar-refractivity contribution is -0.293. The summed E-state index contributed by atoms with van der Waals surface area (Å²) in [6, 6.07) is 0. The Morgan fingerprint density at radius 1 is 1.33 bits per heavy atom. The molecule has 0 aliphatic carbocycles. The zero-order valence-corrected chi connectivity index (χ0v) is 8.60. The first-order valence-corrected chi connectivity index (χ1v) is 4.13. The van der Waals surface area contributed by atoms with E-state index in [4.69, 9.17) is 9.47 Å². The number of ether oxygens (including phenoxy) is 2. The van der Waals surface area contributed by atoms with Crippen LogP contribution in [-0.2, 0) is 24.0 Å². The third-order valence-electron chi connectivity index (χ3n) is 1.18. The van der Waals surface area contributed by atoms with Crippen LogP contribution in [0.1, 0.15) is 6.92 Å². The first-order valence-electron chi connectivity index (χ1n) is 4.13. The van der Waals surface area contributed by atoms with Crippen molar-refractivity contribution >= 4 is 5.97 Å². The molecule has 0 fully saturated rings. The van der Waals surface area contributed by atoms with Gasteiger partial charge in [0.15, 0.2) is 6.61 Å². The Morgan fingerprint density at radius 3 is 2.27 bits per heavy atom. The van der Waals surface area contributed by atoms with Crippen LogP contribution < -0.4 is 0 Å². The Morgan fingerprint density at radius 2 is 1.87 bits per heavy atom. The second-order valence-corrected chi connectivity index (χ2v) is 2.47. The van der Waals surface area contributed by atoms with E-state index in [2.05, 4.69) is 29.5 Å². The van der Waals surface area contributed by atoms with Crippen LogP contribution in [-0.4, -0.2) is 18.9 Å². The first-order chi connectivity index (χ1) is 7.11. The van der Waals surface area contributed by atoms with Crippen LogP contribution in [0.25, 0.3) is 0 Å². The molecule has 84 valence electrons. The molecule has 0 aliphatic heterocycles. The van der Waals surface area contributed by atoms with E-state index in [0.717, 1.165) is 0 Å². The van der Waals surface area contributed by atoms with E-state index in [9.17, 15) is 4.79 Å². The molecule has 0 aromatic carbocycles. The van der Waals surface area contributed by atoms with Crippen LogP contribution in [0.2, 0.25) is 0 Å². The Bertz CT molecular complexity index is 236. The molecule has 0 aromatic heterocycles. The highest BCUT2D eigenvalue weighted by Crippen LogP contribution is 1.99. The van der Waals surface area contributed by atoms with Crippen LogP contribution in [0.4, 0.5) is 0 Å². The third-order valence-corrected chi connectivity index (χ3v) is 1.18. The normalized spacial score (nSPS) is 9.20. The van der Waals surface area contributed by atoms with Gasteiger partial charge in [-0.05, 0) is 6.92 Å². The fourth-order valence-corrected chi connectivity index (χ4v) is 0.540. The molecule has 0 saturated carbocycles. The van der Waals surface area contributed by atoms with E-state index >= 15 is 0 Å². The molecule has 0 atom stereocenters. The molecule has 15 heavy (non-hydrogen) atoms. The van der Waals surface area contributed by atoms with Crippen LogP contribution in [0.5, 0.6) is 0 Å². The van der Waals surface area contributed by atoms with E-state index in [1.165, 1.54) is 19.4 Å². The quantitative estimate of drug-likeness (QED) is 0.202. The van der Waals surface area contributed by atoms with Crippen molar-refractivity contribution in [1.29, 1.82) is 0 Å². The van der Waals surface area contributed by atoms with Crippen molar-refractivity contribution in [3.8, 4) is 0 Å². The van der Waals surface area contributed by atoms with Crippen LogP contribution in [0.3, 0.4) is 0 Å². The Labute approximate surface area is 88.5 Å². The van der Waals surface area contributed by atoms with E-state index in [1.54, 1.807) is 0 Å². The van der Waals surface area contributed by atoms with Crippen molar-refractivity contribution < 1.29 is 24.0 Å². The van der Waals surface area contributed by atoms with E-state index in [-0.39, 0.29) is 12.2 Å². The minimum absolute atomic E-state index is 0.100. The van der Waals surface area contributed by atoms with Crippen LogP contribution in [0.15, 0.2) is 37.8 Å². The minimum Gasteiger partial charge on any atom is -0.461 e. The topological polar surface area (TPSA) is 54.0 Å². The van der Waals surface area contributed by atoms with Gasteiger partial charge >= 0.3 is 5.97 Å². The predicted molar refractivity (Wildman–Crippen MR) is 53.2 cm³/mol. The summed E-state index contributed by atoms with van der Waals surface area (Å²) in [4.78, 5) is 19.8. The lowest BCUT2D eigenvalue weighted by Gasteiger charge is -2.14. The van der Waals surface area contributed by atoms with Crippen molar-refractivity contribution in [2.45, 2.75) is 13.2 Å². The second-order valence-electron chi connectivity index (χ2n) is 2.47. The fraction of sp³-hybridized carbons (Fsp3) is 0.300. The molecule has 0 aliphatic rings. The summed E-state index contributed by atoms with van der Waals surface area (Å²) >= 11 is 0. The standard InChI is InChI=1S/C10H14O5/c1-5-12-9(13-6-2)7-14-15-10(11)8(3)4/h5-6,9H,1-3,7H2,4H3. The summed E-state index contributed by atoms with van der Waals surface area (Å²) in [5, 5.41) is 0. The molecule has 0 bridgehead atoms. The SMILES string of the molecule is C=COC(COOC(=O)C(=C)C)OC=C. The van der Waals surface area contributed by atoms with Gasteiger partial charge in [-0.2, -0.15) is 4.89 Å². The highest BCUT2D eigenvalue weighted by atomic mass is 17.2. The predicted octanol–water partition coefficient (Wildman–Crippen LogP) is 1.68. The van der Waals surface area contributed by atoms with Crippen LogP contribution in [0, 0.1) is 0 Å². The number of carbonyl (C=O) groups is 1. The molecule has 0 heterocycles. The molecule has 0 aromatic rings. The van der Waals surface area contributed by atoms with Gasteiger partial charge in [0.05, 0.1) is 12.5 Å². The zero-order chi connectivity index (χ0) is 11.7. The van der Waals surface area contributed by atoms with Gasteiger partial charge in [0.25, 0.3) is 6.29 Å². The largest absolute Gasteiger partial charge is 0.461 e. The molecular weight excluding hydrogens is 200 g/mol. The summed E-state index contributed by atoms with van der Waals surface area (Å²) in [6.07, 6.45) is 1.61. The van der Waals surface area contributed by atoms with Crippen molar-refractivity contribution in [3.05, 3.63) is 37.8 Å². The number of rotatable bonds is 8. The average molecular weight is 214 g/mol. The Hall–Kier alpha value is -1.75. The maximum atomic E-state index is 10.9. The van der Waals surface area contributed by atoms with E-state index in [1.807, 2.05) is 0 Å². The summed E-state index contributed by atoms with van der Waals surface area (Å²) in [6.45, 7) is 11.5. The van der Waals surface area contributed by atoms with Gasteiger partial charge in [-0.3, -0.25) is 4.89 Å².